The number of aryl methyl sites for hydroxylation is 1. The molecule has 0 bridgehead atoms. The van der Waals surface area contributed by atoms with Crippen molar-refractivity contribution in [3.05, 3.63) is 56.6 Å². The van der Waals surface area contributed by atoms with Gasteiger partial charge in [0, 0.05) is 4.88 Å². The van der Waals surface area contributed by atoms with Crippen LogP contribution in [0.4, 0.5) is 14.2 Å². The summed E-state index contributed by atoms with van der Waals surface area (Å²) in [5.41, 5.74) is 7.29. The van der Waals surface area contributed by atoms with Crippen LogP contribution in [0.1, 0.15) is 39.2 Å². The van der Waals surface area contributed by atoms with Crippen molar-refractivity contribution in [1.29, 1.82) is 0 Å². The molecule has 2 heterocycles. The first-order valence-corrected chi connectivity index (χ1v) is 11.2. The van der Waals surface area contributed by atoms with E-state index in [1.54, 1.807) is 0 Å². The van der Waals surface area contributed by atoms with Gasteiger partial charge < -0.3 is 11.1 Å². The lowest BCUT2D eigenvalue weighted by Crippen LogP contribution is -2.36. The van der Waals surface area contributed by atoms with Crippen molar-refractivity contribution in [1.82, 2.24) is 4.90 Å². The Labute approximate surface area is 185 Å². The number of rotatable bonds is 5. The van der Waals surface area contributed by atoms with E-state index in [0.717, 1.165) is 41.0 Å². The number of nitrogens with one attached hydrogen (secondary N) is 1. The largest absolute Gasteiger partial charge is 0.365 e. The molecule has 10 heteroatoms. The highest BCUT2D eigenvalue weighted by Gasteiger charge is 2.36. The molecule has 0 atom stereocenters. The molecule has 0 radical (unpaired) electrons. The third-order valence-corrected chi connectivity index (χ3v) is 7.13. The second kappa shape index (κ2) is 8.64. The van der Waals surface area contributed by atoms with Gasteiger partial charge in [-0.25, -0.2) is 4.39 Å². The molecule has 31 heavy (non-hydrogen) atoms. The number of anilines is 1. The van der Waals surface area contributed by atoms with Crippen molar-refractivity contribution in [3.63, 3.8) is 0 Å². The maximum absolute atomic E-state index is 13.0. The molecule has 7 nitrogen and oxygen atoms in total. The molecule has 4 rings (SSSR count). The number of thioether (sulfide) groups is 1. The second-order valence-corrected chi connectivity index (χ2v) is 9.25. The van der Waals surface area contributed by atoms with Gasteiger partial charge in [-0.2, -0.15) is 0 Å². The van der Waals surface area contributed by atoms with E-state index < -0.39 is 35.3 Å². The first kappa shape index (κ1) is 21.3. The normalized spacial score (nSPS) is 17.2. The van der Waals surface area contributed by atoms with Gasteiger partial charge in [-0.3, -0.25) is 24.1 Å². The van der Waals surface area contributed by atoms with E-state index >= 15 is 0 Å². The maximum atomic E-state index is 13.0. The number of amides is 4. The van der Waals surface area contributed by atoms with Crippen LogP contribution in [0, 0.1) is 5.82 Å². The number of thiophene rings is 1. The van der Waals surface area contributed by atoms with Gasteiger partial charge in [0.05, 0.1) is 10.5 Å². The molecule has 160 valence electrons. The quantitative estimate of drug-likeness (QED) is 0.665. The molecule has 0 saturated carbocycles. The first-order valence-electron chi connectivity index (χ1n) is 9.58. The topological polar surface area (TPSA) is 110 Å². The third-order valence-electron chi connectivity index (χ3n) is 5.01. The van der Waals surface area contributed by atoms with Crippen molar-refractivity contribution in [3.8, 4) is 0 Å². The van der Waals surface area contributed by atoms with Crippen LogP contribution in [0.2, 0.25) is 0 Å². The number of nitrogens with two attached hydrogens (primary N) is 1. The van der Waals surface area contributed by atoms with Crippen LogP contribution < -0.4 is 11.1 Å². The zero-order chi connectivity index (χ0) is 22.1. The maximum Gasteiger partial charge on any atom is 0.294 e. The number of imide groups is 1. The highest BCUT2D eigenvalue weighted by molar-refractivity contribution is 8.18. The highest BCUT2D eigenvalue weighted by atomic mass is 32.2. The summed E-state index contributed by atoms with van der Waals surface area (Å²) >= 11 is 2.03. The Kier molecular flexibility index (Phi) is 5.92. The van der Waals surface area contributed by atoms with Gasteiger partial charge in [-0.05, 0) is 66.8 Å². The molecule has 2 aliphatic rings. The van der Waals surface area contributed by atoms with Crippen LogP contribution in [0.3, 0.4) is 0 Å². The number of fused-ring (bicyclic) bond motifs is 1. The van der Waals surface area contributed by atoms with Gasteiger partial charge in [0.15, 0.2) is 0 Å². The van der Waals surface area contributed by atoms with E-state index in [1.807, 2.05) is 0 Å². The number of carbonyl (C=O) groups is 4. The molecular formula is C21H18FN3O4S2. The lowest BCUT2D eigenvalue weighted by molar-refractivity contribution is -0.127. The molecule has 0 spiro atoms. The van der Waals surface area contributed by atoms with Gasteiger partial charge in [-0.15, -0.1) is 11.3 Å². The van der Waals surface area contributed by atoms with Crippen molar-refractivity contribution in [2.75, 3.05) is 11.9 Å². The number of hydrogen-bond donors (Lipinski definition) is 2. The summed E-state index contributed by atoms with van der Waals surface area (Å²) in [4.78, 5) is 51.4. The standard InChI is InChI=1S/C21H18FN3O4S2/c22-12-7-5-11(6-8-12)9-15-20(28)25(21(29)31-15)10-16(26)24-19-17(18(23)27)13-3-1-2-4-14(13)30-19/h5-9H,1-4,10H2,(H2,23,27)(H,24,26). The molecule has 1 aromatic carbocycles. The van der Waals surface area contributed by atoms with E-state index in [4.69, 9.17) is 5.73 Å². The fourth-order valence-corrected chi connectivity index (χ4v) is 5.72. The molecular weight excluding hydrogens is 441 g/mol. The summed E-state index contributed by atoms with van der Waals surface area (Å²) in [7, 11) is 0. The number of nitrogens with zero attached hydrogens (tertiary/aromatic N) is 1. The number of halogens is 1. The Balaban J connectivity index is 1.48. The van der Waals surface area contributed by atoms with Crippen LogP contribution in [-0.4, -0.2) is 34.4 Å². The minimum atomic E-state index is -0.608. The van der Waals surface area contributed by atoms with Crippen molar-refractivity contribution < 1.29 is 23.6 Å². The van der Waals surface area contributed by atoms with Gasteiger partial charge in [0.1, 0.15) is 17.4 Å². The molecule has 3 N–H and O–H groups in total. The Bertz CT molecular complexity index is 1120. The molecule has 1 aliphatic heterocycles. The smallest absolute Gasteiger partial charge is 0.294 e. The molecule has 0 unspecified atom stereocenters. The number of primary amides is 1. The van der Waals surface area contributed by atoms with Crippen LogP contribution >= 0.6 is 23.1 Å². The number of hydrogen-bond acceptors (Lipinski definition) is 6. The average molecular weight is 460 g/mol. The van der Waals surface area contributed by atoms with Gasteiger partial charge in [-0.1, -0.05) is 12.1 Å². The van der Waals surface area contributed by atoms with Crippen LogP contribution in [-0.2, 0) is 22.4 Å². The second-order valence-electron chi connectivity index (χ2n) is 7.15. The minimum absolute atomic E-state index is 0.147. The Morgan fingerprint density at radius 3 is 2.58 bits per heavy atom. The van der Waals surface area contributed by atoms with E-state index in [-0.39, 0.29) is 4.91 Å². The van der Waals surface area contributed by atoms with Crippen molar-refractivity contribution in [2.24, 2.45) is 5.73 Å². The molecule has 1 fully saturated rings. The van der Waals surface area contributed by atoms with Crippen molar-refractivity contribution in [2.45, 2.75) is 25.7 Å². The molecule has 1 aliphatic carbocycles. The van der Waals surface area contributed by atoms with Crippen LogP contribution in [0.15, 0.2) is 29.2 Å². The van der Waals surface area contributed by atoms with Gasteiger partial charge in [0.25, 0.3) is 17.1 Å². The fraction of sp³-hybridized carbons (Fsp3) is 0.238. The van der Waals surface area contributed by atoms with E-state index in [9.17, 15) is 23.6 Å². The van der Waals surface area contributed by atoms with Crippen molar-refractivity contribution >= 4 is 57.1 Å². The summed E-state index contributed by atoms with van der Waals surface area (Å²) in [5.74, 6) is -2.21. The monoisotopic (exact) mass is 459 g/mol. The van der Waals surface area contributed by atoms with E-state index in [0.29, 0.717) is 27.9 Å². The lowest BCUT2D eigenvalue weighted by atomic mass is 9.95. The molecule has 2 aromatic rings. The zero-order valence-corrected chi connectivity index (χ0v) is 17.9. The summed E-state index contributed by atoms with van der Waals surface area (Å²) in [6.07, 6.45) is 5.00. The Morgan fingerprint density at radius 2 is 1.87 bits per heavy atom. The third kappa shape index (κ3) is 4.40. The summed E-state index contributed by atoms with van der Waals surface area (Å²) in [6.45, 7) is -0.480. The molecule has 1 saturated heterocycles. The fourth-order valence-electron chi connectivity index (χ4n) is 3.57. The van der Waals surface area contributed by atoms with Crippen LogP contribution in [0.25, 0.3) is 6.08 Å². The zero-order valence-electron chi connectivity index (χ0n) is 16.3. The van der Waals surface area contributed by atoms with Gasteiger partial charge >= 0.3 is 0 Å². The molecule has 4 amide bonds. The van der Waals surface area contributed by atoms with E-state index in [2.05, 4.69) is 5.32 Å². The molecule has 1 aromatic heterocycles. The summed E-state index contributed by atoms with van der Waals surface area (Å²) < 4.78 is 13.0. The highest BCUT2D eigenvalue weighted by Crippen LogP contribution is 2.38. The SMILES string of the molecule is NC(=O)c1c(NC(=O)CN2C(=O)SC(=Cc3ccc(F)cc3)C2=O)sc2c1CCCC2. The number of carbonyl (C=O) groups excluding carboxylic acids is 4. The van der Waals surface area contributed by atoms with Gasteiger partial charge in [0.2, 0.25) is 5.91 Å². The first-order chi connectivity index (χ1) is 14.8. The summed E-state index contributed by atoms with van der Waals surface area (Å²) in [5, 5.41) is 2.43. The van der Waals surface area contributed by atoms with E-state index in [1.165, 1.54) is 41.7 Å². The van der Waals surface area contributed by atoms with Crippen LogP contribution in [0.5, 0.6) is 0 Å². The average Bonchev–Trinajstić information content (AvgIpc) is 3.21. The predicted octanol–water partition coefficient (Wildman–Crippen LogP) is 3.54. The summed E-state index contributed by atoms with van der Waals surface area (Å²) in [6, 6.07) is 5.47. The Hall–Kier alpha value is -2.98. The number of benzene rings is 1. The minimum Gasteiger partial charge on any atom is -0.365 e. The lowest BCUT2D eigenvalue weighted by Gasteiger charge is -2.13. The Morgan fingerprint density at radius 1 is 1.16 bits per heavy atom. The predicted molar refractivity (Wildman–Crippen MR) is 117 cm³/mol.